The number of thiazole rings is 1. The van der Waals surface area contributed by atoms with Gasteiger partial charge in [0.15, 0.2) is 23.3 Å². The van der Waals surface area contributed by atoms with Crippen molar-refractivity contribution in [3.8, 4) is 11.3 Å². The van der Waals surface area contributed by atoms with Crippen molar-refractivity contribution in [1.29, 1.82) is 0 Å². The van der Waals surface area contributed by atoms with Gasteiger partial charge in [-0.05, 0) is 37.1 Å². The van der Waals surface area contributed by atoms with Gasteiger partial charge in [0.1, 0.15) is 22.9 Å². The predicted octanol–water partition coefficient (Wildman–Crippen LogP) is 4.68. The summed E-state index contributed by atoms with van der Waals surface area (Å²) < 4.78 is 32.2. The topological polar surface area (TPSA) is 156 Å². The first-order valence-electron chi connectivity index (χ1n) is 15.4. The minimum absolute atomic E-state index is 0.0221. The van der Waals surface area contributed by atoms with Gasteiger partial charge in [-0.15, -0.1) is 0 Å². The van der Waals surface area contributed by atoms with Crippen molar-refractivity contribution >= 4 is 67.7 Å². The highest BCUT2D eigenvalue weighted by atomic mass is 35.5. The summed E-state index contributed by atoms with van der Waals surface area (Å²) in [6.07, 6.45) is 1.98. The molecule has 2 aliphatic carbocycles. The van der Waals surface area contributed by atoms with Crippen LogP contribution in [0.15, 0.2) is 34.9 Å². The number of hydrogen-bond acceptors (Lipinski definition) is 12. The average Bonchev–Trinajstić information content (AvgIpc) is 3.66. The minimum Gasteiger partial charge on any atom is -0.458 e. The molecule has 3 fully saturated rings. The highest BCUT2D eigenvalue weighted by Crippen LogP contribution is 2.50. The number of benzene rings is 2. The number of amides is 1. The molecule has 7 rings (SSSR count). The maximum Gasteiger partial charge on any atom is 0.344 e. The van der Waals surface area contributed by atoms with Crippen LogP contribution in [0.1, 0.15) is 51.7 Å². The van der Waals surface area contributed by atoms with Crippen molar-refractivity contribution in [2.24, 2.45) is 5.92 Å². The molecule has 1 saturated heterocycles. The molecule has 3 atom stereocenters. The summed E-state index contributed by atoms with van der Waals surface area (Å²) in [5, 5.41) is 23.6. The van der Waals surface area contributed by atoms with Crippen molar-refractivity contribution in [2.75, 3.05) is 44.4 Å². The van der Waals surface area contributed by atoms with E-state index >= 15 is 4.39 Å². The SMILES string of the molecule is O=C(OCC(=O)N(CCO)CCO)c1cc(F)c2nc(N3CC4[C@H]3C[C@H]4OC(=O)c3c(-c4c(Cl)cccc4Cl)noc3C3CC3)sc2c1. The second-order valence-electron chi connectivity index (χ2n) is 11.9. The third-order valence-electron chi connectivity index (χ3n) is 8.92. The first kappa shape index (κ1) is 32.7. The molecule has 2 aromatic carbocycles. The van der Waals surface area contributed by atoms with E-state index in [9.17, 15) is 14.4 Å². The van der Waals surface area contributed by atoms with Gasteiger partial charge in [-0.25, -0.2) is 19.0 Å². The zero-order valence-corrected chi connectivity index (χ0v) is 27.6. The van der Waals surface area contributed by atoms with E-state index in [1.165, 1.54) is 17.4 Å². The summed E-state index contributed by atoms with van der Waals surface area (Å²) >= 11 is 14.1. The van der Waals surface area contributed by atoms with E-state index < -0.39 is 30.3 Å². The monoisotopic (exact) mass is 718 g/mol. The number of fused-ring (bicyclic) bond motifs is 2. The van der Waals surface area contributed by atoms with Crippen LogP contribution in [0.2, 0.25) is 10.0 Å². The normalized spacial score (nSPS) is 19.8. The zero-order chi connectivity index (χ0) is 33.7. The number of piperidine rings is 1. The number of esters is 2. The van der Waals surface area contributed by atoms with E-state index in [4.69, 9.17) is 47.4 Å². The number of anilines is 1. The largest absolute Gasteiger partial charge is 0.458 e. The van der Waals surface area contributed by atoms with Crippen molar-refractivity contribution in [1.82, 2.24) is 15.0 Å². The lowest BCUT2D eigenvalue weighted by atomic mass is 9.69. The number of nitrogens with zero attached hydrogens (tertiary/aromatic N) is 4. The fourth-order valence-electron chi connectivity index (χ4n) is 6.15. The lowest BCUT2D eigenvalue weighted by molar-refractivity contribution is -0.135. The molecular formula is C32H29Cl2FN4O8S. The molecule has 0 spiro atoms. The zero-order valence-electron chi connectivity index (χ0n) is 25.2. The number of rotatable bonds is 12. The van der Waals surface area contributed by atoms with E-state index in [1.54, 1.807) is 18.2 Å². The fraction of sp³-hybridized carbons (Fsp3) is 0.406. The number of aromatic nitrogens is 2. The van der Waals surface area contributed by atoms with Crippen LogP contribution in [-0.2, 0) is 14.3 Å². The van der Waals surface area contributed by atoms with Gasteiger partial charge in [0.05, 0.1) is 33.5 Å². The second kappa shape index (κ2) is 13.2. The Hall–Kier alpha value is -3.82. The number of carbonyl (C=O) groups excluding carboxylic acids is 3. The Morgan fingerprint density at radius 2 is 1.83 bits per heavy atom. The van der Waals surface area contributed by atoms with E-state index in [1.807, 2.05) is 4.90 Å². The molecule has 48 heavy (non-hydrogen) atoms. The molecule has 0 radical (unpaired) electrons. The summed E-state index contributed by atoms with van der Waals surface area (Å²) in [6, 6.07) is 7.57. The number of ether oxygens (including phenoxy) is 2. The van der Waals surface area contributed by atoms with Crippen LogP contribution in [0.3, 0.4) is 0 Å². The summed E-state index contributed by atoms with van der Waals surface area (Å²) in [6.45, 7) is -0.752. The standard InChI is InChI=1S/C32H29Cl2FN4O8S/c33-18-2-1-3-19(34)25(18)28-26(29(47-37-28)15-4-5-15)31(44)46-22-12-21-17(22)13-39(21)32-36-27-20(35)10-16(11-23(27)48-32)30(43)45-14-24(42)38(6-8-40)7-9-41/h1-3,10-11,15,17,21-22,40-41H,4-9,12-14H2/t17?,21-,22-/m1/s1. The lowest BCUT2D eigenvalue weighted by Gasteiger charge is -2.59. The molecule has 4 aromatic rings. The summed E-state index contributed by atoms with van der Waals surface area (Å²) in [5.41, 5.74) is 0.963. The van der Waals surface area contributed by atoms with Gasteiger partial charge in [-0.3, -0.25) is 4.79 Å². The fourth-order valence-corrected chi connectivity index (χ4v) is 7.82. The number of aliphatic hydroxyl groups is 2. The first-order valence-corrected chi connectivity index (χ1v) is 16.9. The molecule has 0 bridgehead atoms. The molecule has 252 valence electrons. The number of hydrogen-bond donors (Lipinski definition) is 2. The van der Waals surface area contributed by atoms with Gasteiger partial charge >= 0.3 is 11.9 Å². The molecule has 2 aromatic heterocycles. The Morgan fingerprint density at radius 3 is 2.48 bits per heavy atom. The van der Waals surface area contributed by atoms with Crippen molar-refractivity contribution < 1.29 is 43.0 Å². The molecule has 16 heteroatoms. The number of carbonyl (C=O) groups is 3. The minimum atomic E-state index is -0.891. The Kier molecular flexibility index (Phi) is 9.02. The highest BCUT2D eigenvalue weighted by molar-refractivity contribution is 7.22. The van der Waals surface area contributed by atoms with E-state index in [2.05, 4.69) is 10.1 Å². The average molecular weight is 720 g/mol. The van der Waals surface area contributed by atoms with Crippen LogP contribution < -0.4 is 4.90 Å². The quantitative estimate of drug-likeness (QED) is 0.196. The van der Waals surface area contributed by atoms with E-state index in [-0.39, 0.29) is 72.6 Å². The molecule has 3 heterocycles. The van der Waals surface area contributed by atoms with Gasteiger partial charge in [0, 0.05) is 49.5 Å². The summed E-state index contributed by atoms with van der Waals surface area (Å²) in [4.78, 5) is 46.2. The predicted molar refractivity (Wildman–Crippen MR) is 173 cm³/mol. The highest BCUT2D eigenvalue weighted by Gasteiger charge is 2.56. The van der Waals surface area contributed by atoms with Crippen LogP contribution in [0.5, 0.6) is 0 Å². The Morgan fingerprint density at radius 1 is 1.10 bits per heavy atom. The van der Waals surface area contributed by atoms with Gasteiger partial charge in [-0.1, -0.05) is 45.8 Å². The van der Waals surface area contributed by atoms with Crippen LogP contribution in [0, 0.1) is 11.7 Å². The van der Waals surface area contributed by atoms with Crippen molar-refractivity contribution in [3.63, 3.8) is 0 Å². The Bertz CT molecular complexity index is 1890. The molecule has 3 aliphatic rings. The summed E-state index contributed by atoms with van der Waals surface area (Å²) in [5.74, 6) is -2.11. The van der Waals surface area contributed by atoms with E-state index in [0.717, 1.165) is 23.8 Å². The molecule has 2 saturated carbocycles. The third kappa shape index (κ3) is 6.00. The van der Waals surface area contributed by atoms with Crippen molar-refractivity contribution in [2.45, 2.75) is 37.3 Å². The smallest absolute Gasteiger partial charge is 0.344 e. The molecule has 2 N–H and O–H groups in total. The van der Waals surface area contributed by atoms with E-state index in [0.29, 0.717) is 44.2 Å². The van der Waals surface area contributed by atoms with Gasteiger partial charge in [0.2, 0.25) is 0 Å². The maximum atomic E-state index is 15.1. The van der Waals surface area contributed by atoms with Gasteiger partial charge in [0.25, 0.3) is 5.91 Å². The molecule has 1 aliphatic heterocycles. The molecule has 1 amide bonds. The van der Waals surface area contributed by atoms with Crippen LogP contribution in [-0.4, -0.2) is 94.7 Å². The summed E-state index contributed by atoms with van der Waals surface area (Å²) in [7, 11) is 0. The van der Waals surface area contributed by atoms with Gasteiger partial charge in [-0.2, -0.15) is 0 Å². The third-order valence-corrected chi connectivity index (χ3v) is 10.6. The molecular weight excluding hydrogens is 690 g/mol. The maximum absolute atomic E-state index is 15.1. The molecule has 1 unspecified atom stereocenters. The second-order valence-corrected chi connectivity index (χ2v) is 13.7. The Balaban J connectivity index is 1.00. The van der Waals surface area contributed by atoms with Gasteiger partial charge < -0.3 is 34.0 Å². The van der Waals surface area contributed by atoms with Crippen LogP contribution >= 0.6 is 34.5 Å². The molecule has 12 nitrogen and oxygen atoms in total. The van der Waals surface area contributed by atoms with Crippen molar-refractivity contribution in [3.05, 3.63) is 63.1 Å². The van der Waals surface area contributed by atoms with Crippen LogP contribution in [0.4, 0.5) is 9.52 Å². The number of halogens is 3. The Labute approximate surface area is 286 Å². The first-order chi connectivity index (χ1) is 23.2. The van der Waals surface area contributed by atoms with Crippen LogP contribution in [0.25, 0.3) is 21.5 Å². The number of aliphatic hydroxyl groups excluding tert-OH is 2. The lowest BCUT2D eigenvalue weighted by Crippen LogP contribution is -2.70.